The molecule has 0 heterocycles. The van der Waals surface area contributed by atoms with E-state index in [1.54, 1.807) is 0 Å². The fourth-order valence-corrected chi connectivity index (χ4v) is 1.73. The lowest BCUT2D eigenvalue weighted by molar-refractivity contribution is -0.143. The molecule has 0 saturated carbocycles. The van der Waals surface area contributed by atoms with Crippen LogP contribution in [0.1, 0.15) is 24.5 Å². The van der Waals surface area contributed by atoms with Crippen LogP contribution in [0.15, 0.2) is 24.3 Å². The van der Waals surface area contributed by atoms with Crippen LogP contribution >= 0.6 is 0 Å². The summed E-state index contributed by atoms with van der Waals surface area (Å²) in [6.07, 6.45) is 0.445. The Labute approximate surface area is 107 Å². The Kier molecular flexibility index (Phi) is 5.04. The number of aliphatic carboxylic acids is 1. The summed E-state index contributed by atoms with van der Waals surface area (Å²) in [5.41, 5.74) is 7.94. The Bertz CT molecular complexity index is 442. The SMILES string of the molecule is Cc1ccccc1CC(N)C(=O)CC(C)C(=O)O. The summed E-state index contributed by atoms with van der Waals surface area (Å²) < 4.78 is 0. The second-order valence-electron chi connectivity index (χ2n) is 4.65. The average Bonchev–Trinajstić information content (AvgIpc) is 2.31. The van der Waals surface area contributed by atoms with Crippen LogP contribution in [-0.2, 0) is 16.0 Å². The number of hydrogen-bond donors (Lipinski definition) is 2. The van der Waals surface area contributed by atoms with Crippen molar-refractivity contribution in [3.05, 3.63) is 35.4 Å². The zero-order chi connectivity index (χ0) is 13.7. The van der Waals surface area contributed by atoms with Gasteiger partial charge in [-0.3, -0.25) is 9.59 Å². The van der Waals surface area contributed by atoms with E-state index in [-0.39, 0.29) is 12.2 Å². The van der Waals surface area contributed by atoms with E-state index in [1.807, 2.05) is 31.2 Å². The molecule has 0 aliphatic heterocycles. The molecule has 4 heteroatoms. The first kappa shape index (κ1) is 14.4. The first-order valence-corrected chi connectivity index (χ1v) is 5.97. The van der Waals surface area contributed by atoms with Gasteiger partial charge in [-0.15, -0.1) is 0 Å². The smallest absolute Gasteiger partial charge is 0.306 e. The summed E-state index contributed by atoms with van der Waals surface area (Å²) in [6, 6.07) is 7.10. The lowest BCUT2D eigenvalue weighted by atomic mass is 9.94. The van der Waals surface area contributed by atoms with Crippen molar-refractivity contribution < 1.29 is 14.7 Å². The molecule has 0 aromatic heterocycles. The number of benzene rings is 1. The van der Waals surface area contributed by atoms with Crippen LogP contribution in [-0.4, -0.2) is 22.9 Å². The van der Waals surface area contributed by atoms with Gasteiger partial charge in [-0.05, 0) is 24.5 Å². The maximum absolute atomic E-state index is 11.8. The maximum atomic E-state index is 11.8. The molecule has 0 bridgehead atoms. The van der Waals surface area contributed by atoms with Gasteiger partial charge in [-0.1, -0.05) is 31.2 Å². The van der Waals surface area contributed by atoms with Gasteiger partial charge in [0.1, 0.15) is 0 Å². The molecule has 0 spiro atoms. The molecule has 2 unspecified atom stereocenters. The number of ketones is 1. The molecule has 2 atom stereocenters. The first-order valence-electron chi connectivity index (χ1n) is 5.97. The van der Waals surface area contributed by atoms with E-state index in [0.29, 0.717) is 6.42 Å². The summed E-state index contributed by atoms with van der Waals surface area (Å²) >= 11 is 0. The van der Waals surface area contributed by atoms with Crippen molar-refractivity contribution >= 4 is 11.8 Å². The lowest BCUT2D eigenvalue weighted by Crippen LogP contribution is -2.34. The van der Waals surface area contributed by atoms with E-state index in [4.69, 9.17) is 10.8 Å². The van der Waals surface area contributed by atoms with Gasteiger partial charge in [0.15, 0.2) is 5.78 Å². The van der Waals surface area contributed by atoms with E-state index in [9.17, 15) is 9.59 Å². The monoisotopic (exact) mass is 249 g/mol. The van der Waals surface area contributed by atoms with Crippen LogP contribution in [0, 0.1) is 12.8 Å². The van der Waals surface area contributed by atoms with E-state index in [2.05, 4.69) is 0 Å². The third-order valence-electron chi connectivity index (χ3n) is 3.04. The first-order chi connectivity index (χ1) is 8.41. The number of carboxylic acid groups (broad SMARTS) is 1. The van der Waals surface area contributed by atoms with Crippen molar-refractivity contribution in [2.75, 3.05) is 0 Å². The van der Waals surface area contributed by atoms with E-state index in [0.717, 1.165) is 11.1 Å². The molecule has 1 aromatic rings. The summed E-state index contributed by atoms with van der Waals surface area (Å²) in [6.45, 7) is 3.48. The molecule has 0 aliphatic carbocycles. The summed E-state index contributed by atoms with van der Waals surface area (Å²) in [5, 5.41) is 8.75. The van der Waals surface area contributed by atoms with E-state index in [1.165, 1.54) is 6.92 Å². The molecule has 98 valence electrons. The number of rotatable bonds is 6. The zero-order valence-corrected chi connectivity index (χ0v) is 10.7. The molecule has 1 aromatic carbocycles. The number of aryl methyl sites for hydroxylation is 1. The summed E-state index contributed by atoms with van der Waals surface area (Å²) in [5.74, 6) is -1.85. The predicted molar refractivity (Wildman–Crippen MR) is 69.3 cm³/mol. The highest BCUT2D eigenvalue weighted by Crippen LogP contribution is 2.11. The highest BCUT2D eigenvalue weighted by atomic mass is 16.4. The van der Waals surface area contributed by atoms with Gasteiger partial charge in [-0.2, -0.15) is 0 Å². The van der Waals surface area contributed by atoms with Crippen molar-refractivity contribution in [3.8, 4) is 0 Å². The highest BCUT2D eigenvalue weighted by Gasteiger charge is 2.21. The Morgan fingerprint density at radius 2 is 1.94 bits per heavy atom. The number of carbonyl (C=O) groups excluding carboxylic acids is 1. The third kappa shape index (κ3) is 3.96. The van der Waals surface area contributed by atoms with Crippen molar-refractivity contribution in [1.82, 2.24) is 0 Å². The van der Waals surface area contributed by atoms with Crippen LogP contribution in [0.25, 0.3) is 0 Å². The Morgan fingerprint density at radius 3 is 2.50 bits per heavy atom. The molecule has 0 radical (unpaired) electrons. The van der Waals surface area contributed by atoms with Crippen molar-refractivity contribution in [2.24, 2.45) is 11.7 Å². The molecule has 3 N–H and O–H groups in total. The van der Waals surface area contributed by atoms with Gasteiger partial charge in [0.05, 0.1) is 12.0 Å². The minimum atomic E-state index is -0.966. The minimum absolute atomic E-state index is 0.0115. The van der Waals surface area contributed by atoms with Crippen molar-refractivity contribution in [2.45, 2.75) is 32.7 Å². The molecule has 4 nitrogen and oxygen atoms in total. The Hall–Kier alpha value is -1.68. The number of nitrogens with two attached hydrogens (primary N) is 1. The molecular weight excluding hydrogens is 230 g/mol. The van der Waals surface area contributed by atoms with Crippen LogP contribution in [0.2, 0.25) is 0 Å². The van der Waals surface area contributed by atoms with Gasteiger partial charge in [-0.25, -0.2) is 0 Å². The number of carboxylic acids is 1. The number of carbonyl (C=O) groups is 2. The fraction of sp³-hybridized carbons (Fsp3) is 0.429. The number of Topliss-reactive ketones (excluding diaryl/α,β-unsaturated/α-hetero) is 1. The zero-order valence-electron chi connectivity index (χ0n) is 10.7. The van der Waals surface area contributed by atoms with Crippen molar-refractivity contribution in [1.29, 1.82) is 0 Å². The fourth-order valence-electron chi connectivity index (χ4n) is 1.73. The van der Waals surface area contributed by atoms with Crippen LogP contribution < -0.4 is 5.73 Å². The second-order valence-corrected chi connectivity index (χ2v) is 4.65. The van der Waals surface area contributed by atoms with Crippen LogP contribution in [0.5, 0.6) is 0 Å². The molecule has 18 heavy (non-hydrogen) atoms. The van der Waals surface area contributed by atoms with Crippen molar-refractivity contribution in [3.63, 3.8) is 0 Å². The third-order valence-corrected chi connectivity index (χ3v) is 3.04. The second kappa shape index (κ2) is 6.31. The van der Waals surface area contributed by atoms with Gasteiger partial charge < -0.3 is 10.8 Å². The average molecular weight is 249 g/mol. The van der Waals surface area contributed by atoms with Gasteiger partial charge in [0.2, 0.25) is 0 Å². The van der Waals surface area contributed by atoms with Crippen LogP contribution in [0.3, 0.4) is 0 Å². The predicted octanol–water partition coefficient (Wildman–Crippen LogP) is 1.54. The quantitative estimate of drug-likeness (QED) is 0.801. The van der Waals surface area contributed by atoms with Gasteiger partial charge >= 0.3 is 5.97 Å². The molecule has 0 amide bonds. The molecular formula is C14H19NO3. The standard InChI is InChI=1S/C14H19NO3/c1-9-5-3-4-6-11(9)8-12(15)13(16)7-10(2)14(17)18/h3-6,10,12H,7-8,15H2,1-2H3,(H,17,18). The molecule has 1 rings (SSSR count). The van der Waals surface area contributed by atoms with Crippen LogP contribution in [0.4, 0.5) is 0 Å². The highest BCUT2D eigenvalue weighted by molar-refractivity contribution is 5.87. The van der Waals surface area contributed by atoms with Gasteiger partial charge in [0.25, 0.3) is 0 Å². The maximum Gasteiger partial charge on any atom is 0.306 e. The van der Waals surface area contributed by atoms with Gasteiger partial charge in [0, 0.05) is 6.42 Å². The minimum Gasteiger partial charge on any atom is -0.481 e. The Balaban J connectivity index is 2.60. The summed E-state index contributed by atoms with van der Waals surface area (Å²) in [4.78, 5) is 22.5. The molecule has 0 aliphatic rings. The summed E-state index contributed by atoms with van der Waals surface area (Å²) in [7, 11) is 0. The molecule has 0 fully saturated rings. The van der Waals surface area contributed by atoms with E-state index >= 15 is 0 Å². The molecule has 0 saturated heterocycles. The lowest BCUT2D eigenvalue weighted by Gasteiger charge is -2.13. The Morgan fingerprint density at radius 1 is 1.33 bits per heavy atom. The topological polar surface area (TPSA) is 80.4 Å². The van der Waals surface area contributed by atoms with E-state index < -0.39 is 17.9 Å². The largest absolute Gasteiger partial charge is 0.481 e. The normalized spacial score (nSPS) is 13.9. The number of hydrogen-bond acceptors (Lipinski definition) is 3.